The first-order valence-electron chi connectivity index (χ1n) is 7.51. The highest BCUT2D eigenvalue weighted by molar-refractivity contribution is 6.08. The highest BCUT2D eigenvalue weighted by atomic mass is 16.2. The molecule has 1 amide bonds. The molecule has 0 saturated carbocycles. The molecular weight excluding hydrogens is 276 g/mol. The van der Waals surface area contributed by atoms with E-state index in [9.17, 15) is 10.1 Å². The van der Waals surface area contributed by atoms with Crippen molar-refractivity contribution in [3.05, 3.63) is 41.6 Å². The minimum Gasteiger partial charge on any atom is -0.388 e. The lowest BCUT2D eigenvalue weighted by Gasteiger charge is -2.29. The highest BCUT2D eigenvalue weighted by Crippen LogP contribution is 2.27. The number of likely N-dealkylation sites (N-methyl/N-ethyl adjacent to an activating group) is 1. The number of aryl methyl sites for hydroxylation is 1. The highest BCUT2D eigenvalue weighted by Gasteiger charge is 2.24. The van der Waals surface area contributed by atoms with Crippen LogP contribution in [0.3, 0.4) is 0 Å². The third-order valence-corrected chi connectivity index (χ3v) is 3.66. The fraction of sp³-hybridized carbons (Fsp3) is 0.412. The van der Waals surface area contributed by atoms with Gasteiger partial charge in [-0.1, -0.05) is 18.2 Å². The van der Waals surface area contributed by atoms with Crippen LogP contribution in [0.5, 0.6) is 0 Å². The van der Waals surface area contributed by atoms with E-state index in [1.165, 1.54) is 11.8 Å². The Hall–Kier alpha value is -2.32. The van der Waals surface area contributed by atoms with Crippen LogP contribution in [0.1, 0.15) is 12.0 Å². The van der Waals surface area contributed by atoms with Gasteiger partial charge in [0.25, 0.3) is 5.91 Å². The van der Waals surface area contributed by atoms with Crippen molar-refractivity contribution >= 4 is 11.6 Å². The second-order valence-corrected chi connectivity index (χ2v) is 5.62. The van der Waals surface area contributed by atoms with Gasteiger partial charge in [0.2, 0.25) is 0 Å². The molecule has 1 aromatic carbocycles. The lowest BCUT2D eigenvalue weighted by atomic mass is 10.0. The molecule has 1 aliphatic heterocycles. The van der Waals surface area contributed by atoms with Crippen molar-refractivity contribution in [1.29, 1.82) is 5.26 Å². The van der Waals surface area contributed by atoms with E-state index in [4.69, 9.17) is 0 Å². The Morgan fingerprint density at radius 2 is 2.23 bits per heavy atom. The molecule has 1 N–H and O–H groups in total. The number of nitrogens with zero attached hydrogens (tertiary/aromatic N) is 3. The molecule has 0 unspecified atom stereocenters. The topological polar surface area (TPSA) is 59.4 Å². The second kappa shape index (κ2) is 7.62. The number of anilines is 1. The number of amides is 1. The predicted molar refractivity (Wildman–Crippen MR) is 87.4 cm³/mol. The summed E-state index contributed by atoms with van der Waals surface area (Å²) in [6.45, 7) is 2.20. The summed E-state index contributed by atoms with van der Waals surface area (Å²) in [5.41, 5.74) is 2.24. The van der Waals surface area contributed by atoms with Gasteiger partial charge in [0, 0.05) is 31.5 Å². The first kappa shape index (κ1) is 16.1. The summed E-state index contributed by atoms with van der Waals surface area (Å²) in [7, 11) is 3.96. The molecule has 22 heavy (non-hydrogen) atoms. The van der Waals surface area contributed by atoms with Crippen molar-refractivity contribution < 1.29 is 4.79 Å². The molecular formula is C17H22N4O. The first-order valence-corrected chi connectivity index (χ1v) is 7.51. The minimum atomic E-state index is -0.230. The van der Waals surface area contributed by atoms with Gasteiger partial charge >= 0.3 is 0 Å². The Bertz CT molecular complexity index is 601. The number of carbonyl (C=O) groups excluding carboxylic acids is 1. The number of hydrogen-bond donors (Lipinski definition) is 1. The summed E-state index contributed by atoms with van der Waals surface area (Å²) in [6.07, 6.45) is 3.44. The zero-order valence-corrected chi connectivity index (χ0v) is 13.2. The second-order valence-electron chi connectivity index (χ2n) is 5.62. The van der Waals surface area contributed by atoms with Crippen molar-refractivity contribution in [3.8, 4) is 6.07 Å². The number of benzene rings is 1. The van der Waals surface area contributed by atoms with E-state index in [0.717, 1.165) is 25.1 Å². The van der Waals surface area contributed by atoms with E-state index in [-0.39, 0.29) is 11.5 Å². The number of carbonyl (C=O) groups is 1. The Kier molecular flexibility index (Phi) is 5.56. The molecule has 0 radical (unpaired) electrons. The van der Waals surface area contributed by atoms with Gasteiger partial charge < -0.3 is 15.1 Å². The van der Waals surface area contributed by atoms with Gasteiger partial charge in [-0.3, -0.25) is 4.79 Å². The Morgan fingerprint density at radius 3 is 2.95 bits per heavy atom. The molecule has 0 aliphatic carbocycles. The average Bonchev–Trinajstić information content (AvgIpc) is 2.53. The monoisotopic (exact) mass is 298 g/mol. The normalized spacial score (nSPS) is 14.5. The molecule has 0 bridgehead atoms. The Labute approximate surface area is 131 Å². The lowest BCUT2D eigenvalue weighted by Crippen LogP contribution is -2.36. The molecule has 0 saturated heterocycles. The van der Waals surface area contributed by atoms with Crippen molar-refractivity contribution in [3.63, 3.8) is 0 Å². The summed E-state index contributed by atoms with van der Waals surface area (Å²) in [4.78, 5) is 16.4. The minimum absolute atomic E-state index is 0.149. The van der Waals surface area contributed by atoms with E-state index in [2.05, 4.69) is 5.32 Å². The maximum absolute atomic E-state index is 12.6. The molecule has 2 rings (SSSR count). The van der Waals surface area contributed by atoms with Crippen LogP contribution in [-0.4, -0.2) is 44.5 Å². The van der Waals surface area contributed by atoms with Crippen LogP contribution in [0.2, 0.25) is 0 Å². The van der Waals surface area contributed by atoms with Gasteiger partial charge in [0.15, 0.2) is 0 Å². The maximum atomic E-state index is 12.6. The molecule has 0 fully saturated rings. The van der Waals surface area contributed by atoms with Gasteiger partial charge in [0.1, 0.15) is 11.6 Å². The van der Waals surface area contributed by atoms with Crippen LogP contribution in [0.15, 0.2) is 36.0 Å². The largest absolute Gasteiger partial charge is 0.388 e. The SMILES string of the molecule is CN(C)CCN/C=C(/C#N)C(=O)N1CCCc2ccccc21. The molecule has 1 aromatic rings. The van der Waals surface area contributed by atoms with Gasteiger partial charge in [-0.05, 0) is 38.6 Å². The van der Waals surface area contributed by atoms with Crippen LogP contribution in [0, 0.1) is 11.3 Å². The van der Waals surface area contributed by atoms with Crippen LogP contribution in [0.4, 0.5) is 5.69 Å². The Morgan fingerprint density at radius 1 is 1.45 bits per heavy atom. The summed E-state index contributed by atoms with van der Waals surface area (Å²) in [5.74, 6) is -0.230. The van der Waals surface area contributed by atoms with Crippen LogP contribution in [-0.2, 0) is 11.2 Å². The van der Waals surface area contributed by atoms with Crippen LogP contribution in [0.25, 0.3) is 0 Å². The zero-order valence-electron chi connectivity index (χ0n) is 13.2. The number of rotatable bonds is 5. The molecule has 1 heterocycles. The van der Waals surface area contributed by atoms with E-state index in [1.807, 2.05) is 49.3 Å². The average molecular weight is 298 g/mol. The standard InChI is InChI=1S/C17H22N4O/c1-20(2)11-9-19-13-15(12-18)17(22)21-10-5-7-14-6-3-4-8-16(14)21/h3-4,6,8,13,19H,5,7,9-11H2,1-2H3/b15-13-. The van der Waals surface area contributed by atoms with E-state index < -0.39 is 0 Å². The van der Waals surface area contributed by atoms with Crippen LogP contribution >= 0.6 is 0 Å². The maximum Gasteiger partial charge on any atom is 0.270 e. The number of nitrogens with one attached hydrogen (secondary N) is 1. The van der Waals surface area contributed by atoms with Crippen molar-refractivity contribution in [1.82, 2.24) is 10.2 Å². The number of hydrogen-bond acceptors (Lipinski definition) is 4. The predicted octanol–water partition coefficient (Wildman–Crippen LogP) is 1.52. The Balaban J connectivity index is 2.10. The van der Waals surface area contributed by atoms with Crippen molar-refractivity contribution in [2.24, 2.45) is 0 Å². The molecule has 0 aromatic heterocycles. The molecule has 0 spiro atoms. The van der Waals surface area contributed by atoms with E-state index >= 15 is 0 Å². The summed E-state index contributed by atoms with van der Waals surface area (Å²) >= 11 is 0. The van der Waals surface area contributed by atoms with Gasteiger partial charge in [-0.15, -0.1) is 0 Å². The smallest absolute Gasteiger partial charge is 0.270 e. The van der Waals surface area contributed by atoms with Gasteiger partial charge in [-0.25, -0.2) is 0 Å². The van der Waals surface area contributed by atoms with E-state index in [0.29, 0.717) is 13.1 Å². The molecule has 5 nitrogen and oxygen atoms in total. The molecule has 1 aliphatic rings. The van der Waals surface area contributed by atoms with E-state index in [1.54, 1.807) is 4.90 Å². The van der Waals surface area contributed by atoms with Gasteiger partial charge in [-0.2, -0.15) is 5.26 Å². The fourth-order valence-corrected chi connectivity index (χ4v) is 2.49. The van der Waals surface area contributed by atoms with Crippen LogP contribution < -0.4 is 10.2 Å². The quantitative estimate of drug-likeness (QED) is 0.509. The summed E-state index contributed by atoms with van der Waals surface area (Å²) in [5, 5.41) is 12.3. The summed E-state index contributed by atoms with van der Waals surface area (Å²) < 4.78 is 0. The molecule has 116 valence electrons. The third-order valence-electron chi connectivity index (χ3n) is 3.66. The van der Waals surface area contributed by atoms with Crippen molar-refractivity contribution in [2.75, 3.05) is 38.6 Å². The van der Waals surface area contributed by atoms with Crippen molar-refractivity contribution in [2.45, 2.75) is 12.8 Å². The number of fused-ring (bicyclic) bond motifs is 1. The lowest BCUT2D eigenvalue weighted by molar-refractivity contribution is -0.114. The zero-order chi connectivity index (χ0) is 15.9. The van der Waals surface area contributed by atoms with Gasteiger partial charge in [0.05, 0.1) is 0 Å². The number of nitriles is 1. The molecule has 5 heteroatoms. The fourth-order valence-electron chi connectivity index (χ4n) is 2.49. The third kappa shape index (κ3) is 3.86. The number of para-hydroxylation sites is 1. The summed E-state index contributed by atoms with van der Waals surface area (Å²) in [6, 6.07) is 9.91. The first-order chi connectivity index (χ1) is 10.6. The molecule has 0 atom stereocenters.